The van der Waals surface area contributed by atoms with Gasteiger partial charge in [-0.15, -0.1) is 0 Å². The molecule has 0 saturated carbocycles. The lowest BCUT2D eigenvalue weighted by Gasteiger charge is -2.17. The number of aromatic nitrogens is 2. The standard InChI is InChI=1S/C10H18N4O/c1-6(2)7(3)13-10(15)9-8(11)5-12-14(9)4/h5-7H,11H2,1-4H3,(H,13,15). The van der Waals surface area contributed by atoms with Crippen molar-refractivity contribution in [3.8, 4) is 0 Å². The van der Waals surface area contributed by atoms with E-state index in [1.165, 1.54) is 10.9 Å². The summed E-state index contributed by atoms with van der Waals surface area (Å²) in [6.07, 6.45) is 1.48. The Morgan fingerprint density at radius 3 is 2.53 bits per heavy atom. The van der Waals surface area contributed by atoms with E-state index in [4.69, 9.17) is 5.73 Å². The molecule has 3 N–H and O–H groups in total. The number of nitrogens with zero attached hydrogens (tertiary/aromatic N) is 2. The zero-order chi connectivity index (χ0) is 11.6. The lowest BCUT2D eigenvalue weighted by molar-refractivity contribution is 0.0922. The van der Waals surface area contributed by atoms with Crippen LogP contribution in [0.2, 0.25) is 0 Å². The van der Waals surface area contributed by atoms with Crippen LogP contribution in [0.25, 0.3) is 0 Å². The molecule has 15 heavy (non-hydrogen) atoms. The van der Waals surface area contributed by atoms with Gasteiger partial charge in [0.25, 0.3) is 5.91 Å². The molecule has 1 aromatic heterocycles. The number of hydrogen-bond acceptors (Lipinski definition) is 3. The average Bonchev–Trinajstić information content (AvgIpc) is 2.45. The smallest absolute Gasteiger partial charge is 0.271 e. The van der Waals surface area contributed by atoms with E-state index >= 15 is 0 Å². The van der Waals surface area contributed by atoms with Crippen LogP contribution in [0.1, 0.15) is 31.3 Å². The Bertz CT molecular complexity index is 337. The van der Waals surface area contributed by atoms with Gasteiger partial charge in [-0.05, 0) is 12.8 Å². The molecule has 1 rings (SSSR count). The van der Waals surface area contributed by atoms with E-state index in [0.29, 0.717) is 17.3 Å². The van der Waals surface area contributed by atoms with Crippen molar-refractivity contribution in [2.45, 2.75) is 26.8 Å². The highest BCUT2D eigenvalue weighted by atomic mass is 16.2. The monoisotopic (exact) mass is 210 g/mol. The molecule has 0 saturated heterocycles. The Morgan fingerprint density at radius 2 is 2.13 bits per heavy atom. The summed E-state index contributed by atoms with van der Waals surface area (Å²) in [5.41, 5.74) is 6.48. The number of rotatable bonds is 3. The third-order valence-electron chi connectivity index (χ3n) is 2.54. The molecule has 0 spiro atoms. The molecule has 0 aliphatic heterocycles. The first-order chi connectivity index (χ1) is 6.93. The highest BCUT2D eigenvalue weighted by molar-refractivity contribution is 5.97. The summed E-state index contributed by atoms with van der Waals surface area (Å²) in [4.78, 5) is 11.8. The molecule has 84 valence electrons. The predicted octanol–water partition coefficient (Wildman–Crippen LogP) is 0.777. The molecule has 0 aliphatic rings. The van der Waals surface area contributed by atoms with Crippen LogP contribution in [0, 0.1) is 5.92 Å². The first-order valence-electron chi connectivity index (χ1n) is 5.01. The fourth-order valence-electron chi connectivity index (χ4n) is 1.17. The number of carbonyl (C=O) groups is 1. The second-order valence-electron chi connectivity index (χ2n) is 4.08. The van der Waals surface area contributed by atoms with E-state index in [0.717, 1.165) is 0 Å². The third-order valence-corrected chi connectivity index (χ3v) is 2.54. The molecule has 1 heterocycles. The van der Waals surface area contributed by atoms with Crippen LogP contribution in [-0.2, 0) is 7.05 Å². The topological polar surface area (TPSA) is 72.9 Å². The molecule has 0 aliphatic carbocycles. The Balaban J connectivity index is 2.78. The Morgan fingerprint density at radius 1 is 1.53 bits per heavy atom. The minimum Gasteiger partial charge on any atom is -0.396 e. The van der Waals surface area contributed by atoms with Gasteiger partial charge in [0.1, 0.15) is 5.69 Å². The van der Waals surface area contributed by atoms with E-state index < -0.39 is 0 Å². The molecule has 0 radical (unpaired) electrons. The van der Waals surface area contributed by atoms with Gasteiger partial charge in [0.2, 0.25) is 0 Å². The fourth-order valence-corrected chi connectivity index (χ4v) is 1.17. The summed E-state index contributed by atoms with van der Waals surface area (Å²) in [6.45, 7) is 6.07. The zero-order valence-corrected chi connectivity index (χ0v) is 9.61. The van der Waals surface area contributed by atoms with Crippen LogP contribution in [0.5, 0.6) is 0 Å². The largest absolute Gasteiger partial charge is 0.396 e. The molecule has 0 fully saturated rings. The van der Waals surface area contributed by atoms with Gasteiger partial charge in [-0.2, -0.15) is 5.10 Å². The van der Waals surface area contributed by atoms with Crippen molar-refractivity contribution in [3.63, 3.8) is 0 Å². The predicted molar refractivity (Wildman–Crippen MR) is 59.4 cm³/mol. The first-order valence-corrected chi connectivity index (χ1v) is 5.01. The molecule has 5 heteroatoms. The van der Waals surface area contributed by atoms with Crippen LogP contribution in [0.15, 0.2) is 6.20 Å². The number of amides is 1. The fraction of sp³-hybridized carbons (Fsp3) is 0.600. The van der Waals surface area contributed by atoms with Crippen LogP contribution in [-0.4, -0.2) is 21.7 Å². The van der Waals surface area contributed by atoms with E-state index in [1.807, 2.05) is 6.92 Å². The molecular formula is C10H18N4O. The average molecular weight is 210 g/mol. The number of hydrogen-bond donors (Lipinski definition) is 2. The summed E-state index contributed by atoms with van der Waals surface area (Å²) < 4.78 is 1.48. The molecule has 5 nitrogen and oxygen atoms in total. The van der Waals surface area contributed by atoms with Crippen molar-refractivity contribution in [2.75, 3.05) is 5.73 Å². The molecule has 1 amide bonds. The van der Waals surface area contributed by atoms with Gasteiger partial charge in [-0.3, -0.25) is 9.48 Å². The Labute approximate surface area is 89.6 Å². The minimum atomic E-state index is -0.172. The summed E-state index contributed by atoms with van der Waals surface area (Å²) in [6, 6.07) is 0.117. The maximum Gasteiger partial charge on any atom is 0.271 e. The number of nitrogens with two attached hydrogens (primary N) is 1. The van der Waals surface area contributed by atoms with Crippen molar-refractivity contribution < 1.29 is 4.79 Å². The molecule has 0 aromatic carbocycles. The van der Waals surface area contributed by atoms with Crippen LogP contribution in [0.4, 0.5) is 5.69 Å². The van der Waals surface area contributed by atoms with Crippen molar-refractivity contribution in [2.24, 2.45) is 13.0 Å². The van der Waals surface area contributed by atoms with E-state index in [2.05, 4.69) is 24.3 Å². The number of aryl methyl sites for hydroxylation is 1. The molecular weight excluding hydrogens is 192 g/mol. The number of nitrogens with one attached hydrogen (secondary N) is 1. The van der Waals surface area contributed by atoms with Crippen LogP contribution < -0.4 is 11.1 Å². The highest BCUT2D eigenvalue weighted by Gasteiger charge is 2.17. The summed E-state index contributed by atoms with van der Waals surface area (Å²) >= 11 is 0. The second kappa shape index (κ2) is 4.33. The quantitative estimate of drug-likeness (QED) is 0.774. The van der Waals surface area contributed by atoms with Crippen molar-refractivity contribution >= 4 is 11.6 Å². The second-order valence-corrected chi connectivity index (χ2v) is 4.08. The van der Waals surface area contributed by atoms with Gasteiger partial charge in [0.15, 0.2) is 0 Å². The van der Waals surface area contributed by atoms with Gasteiger partial charge in [0.05, 0.1) is 11.9 Å². The molecule has 1 unspecified atom stereocenters. The number of anilines is 1. The Hall–Kier alpha value is -1.52. The zero-order valence-electron chi connectivity index (χ0n) is 9.61. The maximum absolute atomic E-state index is 11.8. The summed E-state index contributed by atoms with van der Waals surface area (Å²) in [5, 5.41) is 6.80. The summed E-state index contributed by atoms with van der Waals surface area (Å²) in [7, 11) is 1.70. The Kier molecular flexibility index (Phi) is 3.34. The third kappa shape index (κ3) is 2.49. The van der Waals surface area contributed by atoms with Crippen molar-refractivity contribution in [1.82, 2.24) is 15.1 Å². The van der Waals surface area contributed by atoms with Gasteiger partial charge in [0, 0.05) is 13.1 Å². The number of carbonyl (C=O) groups excluding carboxylic acids is 1. The van der Waals surface area contributed by atoms with Crippen molar-refractivity contribution in [1.29, 1.82) is 0 Å². The molecule has 0 bridgehead atoms. The van der Waals surface area contributed by atoms with E-state index in [-0.39, 0.29) is 11.9 Å². The van der Waals surface area contributed by atoms with Crippen LogP contribution in [0.3, 0.4) is 0 Å². The summed E-state index contributed by atoms with van der Waals surface area (Å²) in [5.74, 6) is 0.220. The van der Waals surface area contributed by atoms with Gasteiger partial charge < -0.3 is 11.1 Å². The molecule has 1 atom stereocenters. The number of nitrogen functional groups attached to an aromatic ring is 1. The SMILES string of the molecule is CC(C)C(C)NC(=O)c1c(N)cnn1C. The normalized spacial score (nSPS) is 12.9. The molecule has 1 aromatic rings. The first kappa shape index (κ1) is 11.6. The minimum absolute atomic E-state index is 0.117. The van der Waals surface area contributed by atoms with Gasteiger partial charge in [-0.1, -0.05) is 13.8 Å². The van der Waals surface area contributed by atoms with E-state index in [1.54, 1.807) is 7.05 Å². The highest BCUT2D eigenvalue weighted by Crippen LogP contribution is 2.10. The van der Waals surface area contributed by atoms with Crippen molar-refractivity contribution in [3.05, 3.63) is 11.9 Å². The maximum atomic E-state index is 11.8. The lowest BCUT2D eigenvalue weighted by Crippen LogP contribution is -2.37. The van der Waals surface area contributed by atoms with Gasteiger partial charge >= 0.3 is 0 Å². The van der Waals surface area contributed by atoms with Gasteiger partial charge in [-0.25, -0.2) is 0 Å². The lowest BCUT2D eigenvalue weighted by atomic mass is 10.1. The van der Waals surface area contributed by atoms with E-state index in [9.17, 15) is 4.79 Å². The van der Waals surface area contributed by atoms with Crippen LogP contribution >= 0.6 is 0 Å².